The molecule has 0 spiro atoms. The van der Waals surface area contributed by atoms with Gasteiger partial charge in [-0.3, -0.25) is 9.59 Å². The molecule has 0 amide bonds. The molecule has 3 aliphatic heterocycles. The van der Waals surface area contributed by atoms with Crippen molar-refractivity contribution in [1.82, 2.24) is 4.90 Å². The van der Waals surface area contributed by atoms with Crippen molar-refractivity contribution in [2.75, 3.05) is 28.3 Å². The average Bonchev–Trinajstić information content (AvgIpc) is 3.07. The maximum atomic E-state index is 14.2. The zero-order valence-corrected chi connectivity index (χ0v) is 33.6. The van der Waals surface area contributed by atoms with Gasteiger partial charge in [0.25, 0.3) is 0 Å². The lowest BCUT2D eigenvalue weighted by Crippen LogP contribution is -2.60. The normalized spacial score (nSPS) is 48.3. The molecule has 3 aliphatic rings. The van der Waals surface area contributed by atoms with Crippen molar-refractivity contribution >= 4 is 11.8 Å². The van der Waals surface area contributed by atoms with Gasteiger partial charge in [-0.25, -0.2) is 0 Å². The summed E-state index contributed by atoms with van der Waals surface area (Å²) in [5, 5.41) is 34.0. The zero-order valence-electron chi connectivity index (χ0n) is 33.6. The maximum absolute atomic E-state index is 14.2. The SMILES string of the molecule is CC[C@H]1OC(=O)[C@H](C)[C@@H](O[C@H]2C[C@@](C)(OC)[C@@H](O)[C@H](C)O2)[C@H](C)[C@@H](O[C@H]2C[C@@H](N(C)C)C[C@@H](C)O2)[C@](C)(OC)C[C@@H](C)C(=O)[C@H](C)[C@@H](O)[C@]1(C)O. The molecule has 3 N–H and O–H groups in total. The van der Waals surface area contributed by atoms with Gasteiger partial charge < -0.3 is 53.4 Å². The number of hydrogen-bond acceptors (Lipinski definition) is 13. The Hall–Kier alpha value is -1.26. The first-order valence-corrected chi connectivity index (χ1v) is 18.8. The van der Waals surface area contributed by atoms with Gasteiger partial charge in [-0.2, -0.15) is 0 Å². The number of ketones is 1. The molecule has 17 atom stereocenters. The number of carbonyl (C=O) groups is 2. The van der Waals surface area contributed by atoms with Crippen molar-refractivity contribution in [3.8, 4) is 0 Å². The summed E-state index contributed by atoms with van der Waals surface area (Å²) in [7, 11) is 7.15. The van der Waals surface area contributed by atoms with E-state index < -0.39 is 95.6 Å². The molecular formula is C38H69NO12. The number of aliphatic hydroxyl groups is 3. The predicted molar refractivity (Wildman–Crippen MR) is 190 cm³/mol. The Morgan fingerprint density at radius 3 is 1.98 bits per heavy atom. The van der Waals surface area contributed by atoms with Crippen LogP contribution in [0.1, 0.15) is 101 Å². The Morgan fingerprint density at radius 1 is 0.824 bits per heavy atom. The number of cyclic esters (lactones) is 1. The second kappa shape index (κ2) is 17.5. The van der Waals surface area contributed by atoms with Gasteiger partial charge in [0.15, 0.2) is 12.6 Å². The Morgan fingerprint density at radius 2 is 1.43 bits per heavy atom. The molecule has 51 heavy (non-hydrogen) atoms. The summed E-state index contributed by atoms with van der Waals surface area (Å²) in [6, 6.07) is 0.194. The molecule has 0 aromatic carbocycles. The largest absolute Gasteiger partial charge is 0.459 e. The van der Waals surface area contributed by atoms with Crippen LogP contribution in [0, 0.1) is 23.7 Å². The molecule has 13 nitrogen and oxygen atoms in total. The Bertz CT molecular complexity index is 1150. The first-order chi connectivity index (χ1) is 23.6. The molecule has 0 aromatic heterocycles. The van der Waals surface area contributed by atoms with Crippen LogP contribution in [-0.2, 0) is 42.7 Å². The Balaban J connectivity index is 2.19. The molecule has 3 saturated heterocycles. The van der Waals surface area contributed by atoms with E-state index in [2.05, 4.69) is 4.90 Å². The van der Waals surface area contributed by atoms with Crippen LogP contribution in [0.2, 0.25) is 0 Å². The standard InChI is InChI=1S/C38H69NO12/c1-15-27-38(10,44)32(41)22(4)30(40)20(2)18-37(9,46-14)34(51-28-17-26(39(11)12)16-21(3)47-28)23(5)31(24(6)35(43)49-27)50-29-19-36(8,45-13)33(42)25(7)48-29/h20-29,31-34,41-42,44H,15-19H2,1-14H3/t20-,21-,22+,23+,24-,25+,26+,27-,28+,29+,31+,32-,33+,34-,36-,37-,38-/m1/s1. The lowest BCUT2D eigenvalue weighted by atomic mass is 9.74. The molecule has 298 valence electrons. The van der Waals surface area contributed by atoms with E-state index in [1.165, 1.54) is 14.0 Å². The molecule has 0 aromatic rings. The van der Waals surface area contributed by atoms with Crippen LogP contribution in [0.5, 0.6) is 0 Å². The molecule has 0 unspecified atom stereocenters. The van der Waals surface area contributed by atoms with Gasteiger partial charge in [0.2, 0.25) is 0 Å². The Kier molecular flexibility index (Phi) is 15.1. The summed E-state index contributed by atoms with van der Waals surface area (Å²) < 4.78 is 44.3. The number of methoxy groups -OCH3 is 2. The average molecular weight is 732 g/mol. The fourth-order valence-corrected chi connectivity index (χ4v) is 8.53. The number of aliphatic hydroxyl groups excluding tert-OH is 2. The van der Waals surface area contributed by atoms with Gasteiger partial charge in [0, 0.05) is 50.9 Å². The molecule has 3 heterocycles. The molecule has 0 aliphatic carbocycles. The third-order valence-electron chi connectivity index (χ3n) is 12.2. The van der Waals surface area contributed by atoms with Gasteiger partial charge in [-0.1, -0.05) is 27.7 Å². The molecular weight excluding hydrogens is 662 g/mol. The summed E-state index contributed by atoms with van der Waals surface area (Å²) in [6.45, 7) is 17.5. The zero-order chi connectivity index (χ0) is 38.8. The van der Waals surface area contributed by atoms with Crippen molar-refractivity contribution in [2.24, 2.45) is 23.7 Å². The fraction of sp³-hybridized carbons (Fsp3) is 0.947. The number of Topliss-reactive ketones (excluding diaryl/α,β-unsaturated/α-hetero) is 1. The molecule has 3 rings (SSSR count). The third-order valence-corrected chi connectivity index (χ3v) is 12.2. The van der Waals surface area contributed by atoms with E-state index in [-0.39, 0.29) is 37.2 Å². The second-order valence-corrected chi connectivity index (χ2v) is 16.5. The van der Waals surface area contributed by atoms with E-state index in [0.717, 1.165) is 6.42 Å². The molecule has 0 bridgehead atoms. The van der Waals surface area contributed by atoms with E-state index in [1.807, 2.05) is 34.9 Å². The quantitative estimate of drug-likeness (QED) is 0.312. The molecule has 3 fully saturated rings. The van der Waals surface area contributed by atoms with E-state index in [9.17, 15) is 24.9 Å². The van der Waals surface area contributed by atoms with Crippen LogP contribution in [0.4, 0.5) is 0 Å². The lowest BCUT2D eigenvalue weighted by Gasteiger charge is -2.49. The number of ether oxygens (including phenoxy) is 7. The van der Waals surface area contributed by atoms with Gasteiger partial charge >= 0.3 is 5.97 Å². The minimum Gasteiger partial charge on any atom is -0.459 e. The fourth-order valence-electron chi connectivity index (χ4n) is 8.53. The summed E-state index contributed by atoms with van der Waals surface area (Å²) >= 11 is 0. The van der Waals surface area contributed by atoms with Crippen molar-refractivity contribution in [3.05, 3.63) is 0 Å². The van der Waals surface area contributed by atoms with Gasteiger partial charge in [-0.05, 0) is 74.9 Å². The first kappa shape index (κ1) is 44.1. The van der Waals surface area contributed by atoms with Crippen LogP contribution < -0.4 is 0 Å². The Labute approximate surface area is 305 Å². The molecule has 0 saturated carbocycles. The highest BCUT2D eigenvalue weighted by Gasteiger charge is 2.53. The van der Waals surface area contributed by atoms with E-state index in [1.54, 1.807) is 48.7 Å². The topological polar surface area (TPSA) is 163 Å². The summed E-state index contributed by atoms with van der Waals surface area (Å²) in [4.78, 5) is 30.3. The molecule has 13 heteroatoms. The maximum Gasteiger partial charge on any atom is 0.311 e. The summed E-state index contributed by atoms with van der Waals surface area (Å²) in [5.41, 5.74) is -4.05. The number of carbonyl (C=O) groups excluding carboxylic acids is 2. The van der Waals surface area contributed by atoms with Crippen molar-refractivity contribution in [1.29, 1.82) is 0 Å². The number of nitrogens with zero attached hydrogens (tertiary/aromatic N) is 1. The van der Waals surface area contributed by atoms with E-state index >= 15 is 0 Å². The second-order valence-electron chi connectivity index (χ2n) is 16.5. The van der Waals surface area contributed by atoms with Gasteiger partial charge in [0.1, 0.15) is 23.6 Å². The van der Waals surface area contributed by atoms with Crippen LogP contribution in [-0.4, -0.2) is 138 Å². The minimum atomic E-state index is -1.93. The van der Waals surface area contributed by atoms with E-state index in [0.29, 0.717) is 6.42 Å². The predicted octanol–water partition coefficient (Wildman–Crippen LogP) is 3.47. The minimum absolute atomic E-state index is 0.0865. The van der Waals surface area contributed by atoms with E-state index in [4.69, 9.17) is 33.2 Å². The van der Waals surface area contributed by atoms with Crippen LogP contribution in [0.25, 0.3) is 0 Å². The highest BCUT2D eigenvalue weighted by Crippen LogP contribution is 2.41. The monoisotopic (exact) mass is 731 g/mol. The molecule has 0 radical (unpaired) electrons. The number of hydrogen-bond donors (Lipinski definition) is 3. The van der Waals surface area contributed by atoms with Gasteiger partial charge in [0.05, 0.1) is 47.6 Å². The summed E-state index contributed by atoms with van der Waals surface area (Å²) in [5.74, 6) is -4.06. The van der Waals surface area contributed by atoms with Crippen LogP contribution in [0.15, 0.2) is 0 Å². The van der Waals surface area contributed by atoms with Crippen LogP contribution in [0.3, 0.4) is 0 Å². The van der Waals surface area contributed by atoms with Crippen molar-refractivity contribution in [2.45, 2.75) is 179 Å². The summed E-state index contributed by atoms with van der Waals surface area (Å²) in [6.07, 6.45) is -5.55. The van der Waals surface area contributed by atoms with Crippen LogP contribution >= 0.6 is 0 Å². The van der Waals surface area contributed by atoms with Crippen molar-refractivity contribution < 1.29 is 58.1 Å². The number of rotatable bonds is 8. The number of esters is 1. The van der Waals surface area contributed by atoms with Gasteiger partial charge in [-0.15, -0.1) is 0 Å². The third kappa shape index (κ3) is 9.71. The lowest BCUT2D eigenvalue weighted by molar-refractivity contribution is -0.309. The smallest absolute Gasteiger partial charge is 0.311 e. The van der Waals surface area contributed by atoms with Crippen molar-refractivity contribution in [3.63, 3.8) is 0 Å². The first-order valence-electron chi connectivity index (χ1n) is 18.8. The highest BCUT2D eigenvalue weighted by molar-refractivity contribution is 5.83. The highest BCUT2D eigenvalue weighted by atomic mass is 16.7.